The molecule has 55 heavy (non-hydrogen) atoms. The number of carbonyl (C=O) groups is 4. The van der Waals surface area contributed by atoms with Gasteiger partial charge in [-0.25, -0.2) is 0 Å². The van der Waals surface area contributed by atoms with Gasteiger partial charge >= 0.3 is 0 Å². The first kappa shape index (κ1) is 36.7. The Morgan fingerprint density at radius 1 is 0.836 bits per heavy atom. The monoisotopic (exact) mass is 743 g/mol. The average Bonchev–Trinajstić information content (AvgIpc) is 3.49. The van der Waals surface area contributed by atoms with Crippen molar-refractivity contribution in [2.24, 2.45) is 0 Å². The predicted octanol–water partition coefficient (Wildman–Crippen LogP) is 4.62. The fourth-order valence-electron chi connectivity index (χ4n) is 8.39. The maximum absolute atomic E-state index is 13.6. The zero-order valence-electron chi connectivity index (χ0n) is 31.8. The van der Waals surface area contributed by atoms with E-state index in [4.69, 9.17) is 4.74 Å². The number of anilines is 2. The van der Waals surface area contributed by atoms with E-state index >= 15 is 0 Å². The van der Waals surface area contributed by atoms with Crippen LogP contribution >= 0.6 is 0 Å². The molecule has 0 unspecified atom stereocenters. The van der Waals surface area contributed by atoms with E-state index in [0.717, 1.165) is 47.7 Å². The van der Waals surface area contributed by atoms with Crippen LogP contribution in [0, 0.1) is 6.92 Å². The highest BCUT2D eigenvalue weighted by atomic mass is 16.5. The summed E-state index contributed by atoms with van der Waals surface area (Å²) in [6.07, 6.45) is 3.62. The van der Waals surface area contributed by atoms with Crippen LogP contribution in [-0.2, 0) is 34.7 Å². The number of aryl methyl sites for hydroxylation is 1. The Labute approximate surface area is 322 Å². The molecule has 1 aliphatic carbocycles. The zero-order chi connectivity index (χ0) is 38.3. The van der Waals surface area contributed by atoms with Gasteiger partial charge in [0.05, 0.1) is 19.8 Å². The van der Waals surface area contributed by atoms with Crippen LogP contribution in [0.5, 0.6) is 0 Å². The maximum atomic E-state index is 13.6. The second-order valence-electron chi connectivity index (χ2n) is 15.5. The van der Waals surface area contributed by atoms with E-state index in [-0.39, 0.29) is 29.2 Å². The molecule has 4 aromatic rings. The number of ether oxygens (including phenoxy) is 1. The summed E-state index contributed by atoms with van der Waals surface area (Å²) >= 11 is 0. The van der Waals surface area contributed by atoms with Crippen LogP contribution < -0.4 is 15.5 Å². The van der Waals surface area contributed by atoms with Gasteiger partial charge in [0, 0.05) is 87.6 Å². The molecule has 2 N–H and O–H groups in total. The second kappa shape index (κ2) is 15.1. The minimum atomic E-state index is -0.315. The third-order valence-corrected chi connectivity index (χ3v) is 11.8. The van der Waals surface area contributed by atoms with Crippen molar-refractivity contribution >= 4 is 35.0 Å². The summed E-state index contributed by atoms with van der Waals surface area (Å²) < 4.78 is 7.96. The average molecular weight is 744 g/mol. The van der Waals surface area contributed by atoms with Crippen LogP contribution in [0.4, 0.5) is 11.4 Å². The highest BCUT2D eigenvalue weighted by molar-refractivity contribution is 6.05. The molecule has 0 radical (unpaired) electrons. The first-order valence-corrected chi connectivity index (χ1v) is 19.3. The number of carbonyl (C=O) groups excluding carboxylic acids is 4. The lowest BCUT2D eigenvalue weighted by Gasteiger charge is -2.53. The molecular weight excluding hydrogens is 695 g/mol. The molecule has 3 aromatic carbocycles. The molecule has 4 amide bonds. The highest BCUT2D eigenvalue weighted by Gasteiger charge is 2.51. The van der Waals surface area contributed by atoms with Gasteiger partial charge in [-0.3, -0.25) is 29.0 Å². The van der Waals surface area contributed by atoms with Crippen molar-refractivity contribution in [1.29, 1.82) is 0 Å². The molecule has 8 rings (SSSR count). The molecule has 3 aliphatic heterocycles. The smallest absolute Gasteiger partial charge is 0.268 e. The molecule has 1 spiro atoms. The molecule has 1 aromatic heterocycles. The number of rotatable bonds is 10. The van der Waals surface area contributed by atoms with E-state index in [9.17, 15) is 19.2 Å². The van der Waals surface area contributed by atoms with Gasteiger partial charge in [-0.05, 0) is 91.1 Å². The minimum Gasteiger partial charge on any atom is -0.377 e. The first-order valence-electron chi connectivity index (χ1n) is 19.3. The molecule has 0 atom stereocenters. The van der Waals surface area contributed by atoms with E-state index in [1.54, 1.807) is 31.1 Å². The Balaban J connectivity index is 0.855. The van der Waals surface area contributed by atoms with Gasteiger partial charge in [-0.2, -0.15) is 0 Å². The predicted molar refractivity (Wildman–Crippen MR) is 210 cm³/mol. The topological polar surface area (TPSA) is 119 Å². The minimum absolute atomic E-state index is 0.0181. The van der Waals surface area contributed by atoms with Gasteiger partial charge in [-0.15, -0.1) is 0 Å². The molecule has 12 heteroatoms. The number of hydrogen-bond donors (Lipinski definition) is 2. The van der Waals surface area contributed by atoms with Crippen LogP contribution in [0.2, 0.25) is 0 Å². The number of nitrogens with zero attached hydrogens (tertiary/aromatic N) is 5. The second-order valence-corrected chi connectivity index (χ2v) is 15.5. The van der Waals surface area contributed by atoms with Crippen molar-refractivity contribution in [2.75, 3.05) is 63.7 Å². The lowest BCUT2D eigenvalue weighted by atomic mass is 9.86. The van der Waals surface area contributed by atoms with Gasteiger partial charge in [-0.1, -0.05) is 30.7 Å². The van der Waals surface area contributed by atoms with E-state index in [2.05, 4.69) is 31.9 Å². The van der Waals surface area contributed by atoms with Gasteiger partial charge in [0.25, 0.3) is 17.7 Å². The molecule has 2 saturated heterocycles. The van der Waals surface area contributed by atoms with Crippen molar-refractivity contribution < 1.29 is 23.9 Å². The number of fused-ring (bicyclic) bond motifs is 2. The van der Waals surface area contributed by atoms with Crippen molar-refractivity contribution in [3.05, 3.63) is 118 Å². The summed E-state index contributed by atoms with van der Waals surface area (Å²) in [6, 6.07) is 25.0. The molecular formula is C43H49N7O5. The molecule has 286 valence electrons. The normalized spacial score (nSPS) is 18.3. The van der Waals surface area contributed by atoms with Crippen molar-refractivity contribution in [1.82, 2.24) is 24.6 Å². The Hall–Kier alpha value is -5.30. The van der Waals surface area contributed by atoms with Crippen LogP contribution in [0.1, 0.15) is 72.9 Å². The molecule has 1 saturated carbocycles. The van der Waals surface area contributed by atoms with Gasteiger partial charge in [0.15, 0.2) is 0 Å². The molecule has 0 bridgehead atoms. The number of benzene rings is 3. The number of aromatic nitrogens is 1. The Morgan fingerprint density at radius 2 is 1.53 bits per heavy atom. The SMILES string of the molecule is Cc1cc(C(=O)NCc2ccc(NC(=O)c3ccc(N4CCN(C5CCC5)CC4=O)cc3)cc2)n2c1C1(COC1)N(Cc1ccc(C(=O)N(C)C)cc1)CC2. The number of hydrogen-bond acceptors (Lipinski definition) is 7. The third kappa shape index (κ3) is 7.17. The Morgan fingerprint density at radius 3 is 2.15 bits per heavy atom. The first-order chi connectivity index (χ1) is 26.6. The Kier molecular flexibility index (Phi) is 10.1. The van der Waals surface area contributed by atoms with Crippen LogP contribution in [0.3, 0.4) is 0 Å². The van der Waals surface area contributed by atoms with Crippen LogP contribution in [0.25, 0.3) is 0 Å². The van der Waals surface area contributed by atoms with Gasteiger partial charge in [0.2, 0.25) is 5.91 Å². The molecule has 4 heterocycles. The third-order valence-electron chi connectivity index (χ3n) is 11.8. The van der Waals surface area contributed by atoms with Crippen molar-refractivity contribution in [3.8, 4) is 0 Å². The zero-order valence-corrected chi connectivity index (χ0v) is 31.8. The fourth-order valence-corrected chi connectivity index (χ4v) is 8.39. The van der Waals surface area contributed by atoms with Crippen molar-refractivity contribution in [2.45, 2.75) is 57.4 Å². The summed E-state index contributed by atoms with van der Waals surface area (Å²) in [6.45, 7) is 7.67. The van der Waals surface area contributed by atoms with E-state index in [0.29, 0.717) is 67.9 Å². The fraction of sp³-hybridized carbons (Fsp3) is 0.395. The Bertz CT molecular complexity index is 2080. The highest BCUT2D eigenvalue weighted by Crippen LogP contribution is 2.43. The van der Waals surface area contributed by atoms with Gasteiger partial charge < -0.3 is 29.7 Å². The summed E-state index contributed by atoms with van der Waals surface area (Å²) in [5.41, 5.74) is 7.19. The standard InChI is InChI=1S/C43H49N7O5/c1-29-23-37(50-22-20-48(43(39(29)50)27-55-28-43)25-31-7-11-33(12-8-31)42(54)46(2)3)41(53)44-24-30-9-15-34(16-10-30)45-40(52)32-13-17-36(18-14-32)49-21-19-47(26-38(49)51)35-5-4-6-35/h7-18,23,35H,4-6,19-22,24-28H2,1-3H3,(H,44,53)(H,45,52). The number of nitrogens with one attached hydrogen (secondary N) is 2. The number of amides is 4. The lowest BCUT2D eigenvalue weighted by molar-refractivity contribution is -0.163. The summed E-state index contributed by atoms with van der Waals surface area (Å²) in [5.74, 6) is -0.281. The summed E-state index contributed by atoms with van der Waals surface area (Å²) in [5, 5.41) is 6.05. The van der Waals surface area contributed by atoms with E-state index in [1.165, 1.54) is 19.3 Å². The van der Waals surface area contributed by atoms with Crippen molar-refractivity contribution in [3.63, 3.8) is 0 Å². The largest absolute Gasteiger partial charge is 0.377 e. The summed E-state index contributed by atoms with van der Waals surface area (Å²) in [7, 11) is 3.50. The van der Waals surface area contributed by atoms with Gasteiger partial charge in [0.1, 0.15) is 11.2 Å². The number of piperazine rings is 1. The quantitative estimate of drug-likeness (QED) is 0.244. The molecule has 3 fully saturated rings. The van der Waals surface area contributed by atoms with Crippen LogP contribution in [-0.4, -0.2) is 102 Å². The maximum Gasteiger partial charge on any atom is 0.268 e. The van der Waals surface area contributed by atoms with Crippen LogP contribution in [0.15, 0.2) is 78.9 Å². The summed E-state index contributed by atoms with van der Waals surface area (Å²) in [4.78, 5) is 60.0. The molecule has 12 nitrogen and oxygen atoms in total. The molecule has 4 aliphatic rings. The lowest BCUT2D eigenvalue weighted by Crippen LogP contribution is -2.63. The van der Waals surface area contributed by atoms with E-state index < -0.39 is 0 Å². The van der Waals surface area contributed by atoms with E-state index in [1.807, 2.05) is 71.6 Å².